The number of benzene rings is 5. The summed E-state index contributed by atoms with van der Waals surface area (Å²) in [6.45, 7) is 5.17. The van der Waals surface area contributed by atoms with Crippen LogP contribution in [0.3, 0.4) is 0 Å². The number of rotatable bonds is 17. The van der Waals surface area contributed by atoms with Crippen LogP contribution in [0.25, 0.3) is 0 Å². The lowest BCUT2D eigenvalue weighted by molar-refractivity contribution is -0.157. The third-order valence-electron chi connectivity index (χ3n) is 9.74. The minimum absolute atomic E-state index is 0.0299. The molecule has 302 valence electrons. The van der Waals surface area contributed by atoms with E-state index in [2.05, 4.69) is 10.6 Å². The summed E-state index contributed by atoms with van der Waals surface area (Å²) in [5.74, 6) is -1.62. The van der Waals surface area contributed by atoms with Crippen LogP contribution in [0.1, 0.15) is 67.9 Å². The van der Waals surface area contributed by atoms with Crippen LogP contribution in [0.5, 0.6) is 0 Å². The number of aliphatic hydroxyl groups excluding tert-OH is 1. The van der Waals surface area contributed by atoms with Crippen LogP contribution >= 0.6 is 0 Å². The molecular weight excluding hydrogens is 731 g/mol. The molecule has 5 rings (SSSR count). The van der Waals surface area contributed by atoms with E-state index in [0.717, 1.165) is 27.8 Å². The Morgan fingerprint density at radius 2 is 1.12 bits per heavy atom. The zero-order chi connectivity index (χ0) is 41.5. The van der Waals surface area contributed by atoms with Crippen molar-refractivity contribution in [1.29, 1.82) is 0 Å². The minimum atomic E-state index is -1.33. The maximum atomic E-state index is 14.4. The van der Waals surface area contributed by atoms with Gasteiger partial charge in [0.25, 0.3) is 0 Å². The first-order valence-corrected chi connectivity index (χ1v) is 19.5. The highest BCUT2D eigenvalue weighted by atomic mass is 16.6. The van der Waals surface area contributed by atoms with E-state index < -0.39 is 47.3 Å². The van der Waals surface area contributed by atoms with Crippen molar-refractivity contribution in [2.24, 2.45) is 0 Å². The number of esters is 1. The second kappa shape index (κ2) is 20.2. The highest BCUT2D eigenvalue weighted by Crippen LogP contribution is 2.37. The van der Waals surface area contributed by atoms with Gasteiger partial charge >= 0.3 is 12.1 Å². The highest BCUT2D eigenvalue weighted by Gasteiger charge is 2.39. The summed E-state index contributed by atoms with van der Waals surface area (Å²) in [5, 5.41) is 17.7. The van der Waals surface area contributed by atoms with Crippen LogP contribution in [0.15, 0.2) is 152 Å². The lowest BCUT2D eigenvalue weighted by Gasteiger charge is -2.37. The first-order valence-electron chi connectivity index (χ1n) is 19.5. The Bertz CT molecular complexity index is 1960. The summed E-state index contributed by atoms with van der Waals surface area (Å²) < 4.78 is 11.1. The maximum Gasteiger partial charge on any atom is 0.410 e. The molecule has 0 aliphatic carbocycles. The van der Waals surface area contributed by atoms with E-state index in [1.54, 1.807) is 20.8 Å². The molecule has 3 atom stereocenters. The molecule has 0 bridgehead atoms. The number of ether oxygens (including phenoxy) is 2. The fourth-order valence-electron chi connectivity index (χ4n) is 6.90. The summed E-state index contributed by atoms with van der Waals surface area (Å²) in [6.07, 6.45) is -2.56. The van der Waals surface area contributed by atoms with Gasteiger partial charge in [-0.3, -0.25) is 19.3 Å². The van der Waals surface area contributed by atoms with Crippen molar-refractivity contribution in [1.82, 2.24) is 15.5 Å². The second-order valence-corrected chi connectivity index (χ2v) is 15.3. The molecular formula is C48H53N3O7. The molecule has 5 aromatic rings. The van der Waals surface area contributed by atoms with Gasteiger partial charge in [-0.15, -0.1) is 0 Å². The Morgan fingerprint density at radius 1 is 0.672 bits per heavy atom. The number of carbonyl (C=O) groups excluding carboxylic acids is 4. The van der Waals surface area contributed by atoms with Crippen molar-refractivity contribution >= 4 is 23.9 Å². The normalized spacial score (nSPS) is 13.0. The first-order chi connectivity index (χ1) is 27.9. The van der Waals surface area contributed by atoms with Gasteiger partial charge in [0.05, 0.1) is 18.6 Å². The molecule has 0 aromatic heterocycles. The molecule has 10 nitrogen and oxygen atoms in total. The lowest BCUT2D eigenvalue weighted by Crippen LogP contribution is -2.54. The van der Waals surface area contributed by atoms with Crippen molar-refractivity contribution in [3.8, 4) is 0 Å². The molecule has 0 heterocycles. The Labute approximate surface area is 341 Å². The maximum absolute atomic E-state index is 14.4. The van der Waals surface area contributed by atoms with Crippen LogP contribution in [-0.2, 0) is 42.4 Å². The van der Waals surface area contributed by atoms with Crippen molar-refractivity contribution in [2.75, 3.05) is 7.05 Å². The number of amides is 3. The first kappa shape index (κ1) is 42.9. The summed E-state index contributed by atoms with van der Waals surface area (Å²) in [5.41, 5.74) is 2.20. The number of aliphatic hydroxyl groups is 1. The largest absolute Gasteiger partial charge is 0.460 e. The molecule has 0 spiro atoms. The van der Waals surface area contributed by atoms with E-state index in [4.69, 9.17) is 9.47 Å². The number of carbonyl (C=O) groups is 4. The molecule has 0 saturated heterocycles. The SMILES string of the molecule is CN(C(=O)OCc1ccccc1)[C@@H](CCC(=O)NC(c1ccccc1)(c1ccccc1)c1ccccc1)C(=O)N[C@@H](Cc1ccccc1)[C@@H](O)CC(=O)OC(C)(C)C. The van der Waals surface area contributed by atoms with E-state index in [1.807, 2.05) is 152 Å². The minimum Gasteiger partial charge on any atom is -0.460 e. The average Bonchev–Trinajstić information content (AvgIpc) is 3.22. The van der Waals surface area contributed by atoms with Crippen molar-refractivity contribution in [2.45, 2.75) is 82.4 Å². The standard InChI is InChI=1S/C48H53N3O7/c1-47(2,3)58-44(54)33-42(52)40(32-35-20-10-5-11-21-35)49-45(55)41(51(4)46(56)57-34-36-22-12-6-13-23-36)30-31-43(53)50-48(37-24-14-7-15-25-37,38-26-16-8-17-27-38)39-28-18-9-19-29-39/h5-29,40-42,52H,30-34H2,1-4H3,(H,49,55)(H,50,53)/t40-,41-,42-/m0/s1. The molecule has 0 saturated carbocycles. The Morgan fingerprint density at radius 3 is 1.59 bits per heavy atom. The lowest BCUT2D eigenvalue weighted by atomic mass is 9.77. The number of hydrogen-bond donors (Lipinski definition) is 3. The van der Waals surface area contributed by atoms with Crippen molar-refractivity contribution in [3.63, 3.8) is 0 Å². The van der Waals surface area contributed by atoms with Crippen LogP contribution in [0, 0.1) is 0 Å². The summed E-state index contributed by atoms with van der Waals surface area (Å²) in [4.78, 5) is 56.4. The van der Waals surface area contributed by atoms with E-state index in [1.165, 1.54) is 11.9 Å². The van der Waals surface area contributed by atoms with Crippen LogP contribution in [0.2, 0.25) is 0 Å². The van der Waals surface area contributed by atoms with Gasteiger partial charge in [0, 0.05) is 13.5 Å². The average molecular weight is 784 g/mol. The van der Waals surface area contributed by atoms with Gasteiger partial charge < -0.3 is 25.2 Å². The number of nitrogens with one attached hydrogen (secondary N) is 2. The molecule has 0 radical (unpaired) electrons. The Hall–Kier alpha value is -6.26. The zero-order valence-corrected chi connectivity index (χ0v) is 33.5. The summed E-state index contributed by atoms with van der Waals surface area (Å²) >= 11 is 0. The van der Waals surface area contributed by atoms with Gasteiger partial charge in [0.1, 0.15) is 23.8 Å². The number of hydrogen-bond acceptors (Lipinski definition) is 7. The fraction of sp³-hybridized carbons (Fsp3) is 0.292. The van der Waals surface area contributed by atoms with E-state index in [-0.39, 0.29) is 38.2 Å². The third-order valence-corrected chi connectivity index (χ3v) is 9.74. The number of likely N-dealkylation sites (N-methyl/N-ethyl adjacent to an activating group) is 1. The van der Waals surface area contributed by atoms with Crippen LogP contribution in [0.4, 0.5) is 4.79 Å². The molecule has 10 heteroatoms. The van der Waals surface area contributed by atoms with Gasteiger partial charge in [-0.1, -0.05) is 152 Å². The quantitative estimate of drug-likeness (QED) is 0.0665. The summed E-state index contributed by atoms with van der Waals surface area (Å²) in [6, 6.07) is 45.3. The molecule has 0 fully saturated rings. The van der Waals surface area contributed by atoms with Gasteiger partial charge in [0.15, 0.2) is 0 Å². The predicted molar refractivity (Wildman–Crippen MR) is 223 cm³/mol. The molecule has 58 heavy (non-hydrogen) atoms. The smallest absolute Gasteiger partial charge is 0.410 e. The Kier molecular flexibility index (Phi) is 15.0. The van der Waals surface area contributed by atoms with Gasteiger partial charge in [0.2, 0.25) is 11.8 Å². The van der Waals surface area contributed by atoms with E-state index in [9.17, 15) is 24.3 Å². The number of nitrogens with zero attached hydrogens (tertiary/aromatic N) is 1. The monoisotopic (exact) mass is 783 g/mol. The third kappa shape index (κ3) is 11.9. The molecule has 3 N–H and O–H groups in total. The van der Waals surface area contributed by atoms with E-state index >= 15 is 0 Å². The predicted octanol–water partition coefficient (Wildman–Crippen LogP) is 7.33. The van der Waals surface area contributed by atoms with Gasteiger partial charge in [-0.25, -0.2) is 4.79 Å². The molecule has 3 amide bonds. The van der Waals surface area contributed by atoms with Crippen molar-refractivity contribution in [3.05, 3.63) is 179 Å². The second-order valence-electron chi connectivity index (χ2n) is 15.3. The molecule has 0 aliphatic heterocycles. The van der Waals surface area contributed by atoms with Crippen LogP contribution in [-0.4, -0.2) is 64.7 Å². The highest BCUT2D eigenvalue weighted by molar-refractivity contribution is 5.87. The fourth-order valence-corrected chi connectivity index (χ4v) is 6.90. The van der Waals surface area contributed by atoms with Crippen molar-refractivity contribution < 1.29 is 33.8 Å². The molecule has 0 unspecified atom stereocenters. The van der Waals surface area contributed by atoms with Gasteiger partial charge in [-0.05, 0) is 61.4 Å². The van der Waals surface area contributed by atoms with Gasteiger partial charge in [-0.2, -0.15) is 0 Å². The van der Waals surface area contributed by atoms with Crippen LogP contribution < -0.4 is 10.6 Å². The zero-order valence-electron chi connectivity index (χ0n) is 33.5. The topological polar surface area (TPSA) is 134 Å². The molecule has 0 aliphatic rings. The van der Waals surface area contributed by atoms with E-state index in [0.29, 0.717) is 0 Å². The summed E-state index contributed by atoms with van der Waals surface area (Å²) in [7, 11) is 1.45. The molecule has 5 aromatic carbocycles. The Balaban J connectivity index is 1.44.